The minimum atomic E-state index is -1.22. The number of ether oxygens (including phenoxy) is 3. The van der Waals surface area contributed by atoms with Crippen molar-refractivity contribution in [3.05, 3.63) is 76.8 Å². The summed E-state index contributed by atoms with van der Waals surface area (Å²) < 4.78 is 17.3. The Balaban J connectivity index is 2.18. The fourth-order valence-corrected chi connectivity index (χ4v) is 5.62. The van der Waals surface area contributed by atoms with E-state index in [0.29, 0.717) is 28.3 Å². The van der Waals surface area contributed by atoms with Gasteiger partial charge in [0.25, 0.3) is 0 Å². The third-order valence-electron chi connectivity index (χ3n) is 7.03. The first-order valence-corrected chi connectivity index (χ1v) is 13.4. The Morgan fingerprint density at radius 3 is 2.15 bits per heavy atom. The molecule has 0 saturated carbocycles. The highest BCUT2D eigenvalue weighted by molar-refractivity contribution is 6.32. The number of carbonyl (C=O) groups is 4. The number of aliphatic carboxylic acids is 3. The van der Waals surface area contributed by atoms with E-state index in [1.807, 2.05) is 30.3 Å². The molecule has 1 saturated heterocycles. The minimum absolute atomic E-state index is 0.134. The number of carboxylic acids is 3. The molecule has 220 valence electrons. The van der Waals surface area contributed by atoms with E-state index in [2.05, 4.69) is 6.58 Å². The molecule has 0 unspecified atom stereocenters. The van der Waals surface area contributed by atoms with Crippen LogP contribution in [0, 0.1) is 17.8 Å². The summed E-state index contributed by atoms with van der Waals surface area (Å²) in [6.07, 6.45) is -1.56. The van der Waals surface area contributed by atoms with Crippen LogP contribution in [0.2, 0.25) is 5.02 Å². The van der Waals surface area contributed by atoms with E-state index in [0.717, 1.165) is 5.56 Å². The zero-order chi connectivity index (χ0) is 30.1. The van der Waals surface area contributed by atoms with Crippen LogP contribution in [-0.4, -0.2) is 58.5 Å². The van der Waals surface area contributed by atoms with Crippen molar-refractivity contribution in [1.29, 1.82) is 0 Å². The van der Waals surface area contributed by atoms with E-state index in [1.54, 1.807) is 18.2 Å². The fourth-order valence-electron chi connectivity index (χ4n) is 5.39. The highest BCUT2D eigenvalue weighted by Crippen LogP contribution is 2.49. The quantitative estimate of drug-likeness (QED) is 0.207. The molecule has 0 radical (unpaired) electrons. The first-order chi connectivity index (χ1) is 19.5. The molecule has 2 aromatic carbocycles. The van der Waals surface area contributed by atoms with Gasteiger partial charge in [0.15, 0.2) is 0 Å². The lowest BCUT2D eigenvalue weighted by atomic mass is 9.68. The van der Waals surface area contributed by atoms with Crippen molar-refractivity contribution < 1.29 is 48.7 Å². The lowest BCUT2D eigenvalue weighted by Crippen LogP contribution is -2.48. The Bertz CT molecular complexity index is 1260. The van der Waals surface area contributed by atoms with Gasteiger partial charge in [-0.05, 0) is 35.1 Å². The predicted octanol–water partition coefficient (Wildman–Crippen LogP) is 4.77. The summed E-state index contributed by atoms with van der Waals surface area (Å²) in [6.45, 7) is 4.66. The van der Waals surface area contributed by atoms with E-state index < -0.39 is 73.1 Å². The van der Waals surface area contributed by atoms with E-state index in [1.165, 1.54) is 6.92 Å². The molecule has 1 heterocycles. The molecule has 0 amide bonds. The standard InChI is InChI=1S/C30H33ClO10/c1-3-9-39-24-12-20(11-19(29(24)31)10-18-7-5-4-6-8-18)30-23(15-28(37)38)21(13-26(33)34)22(14-27(35)36)25(41-30)16-40-17(2)32/h3-8,11-12,21-23,25,30H,1,9-10,13-16H2,2H3,(H,33,34)(H,35,36)(H,37,38)/t21-,22+,23-,25-,30+/m0/s1. The van der Waals surface area contributed by atoms with Crippen molar-refractivity contribution in [3.63, 3.8) is 0 Å². The molecule has 11 heteroatoms. The molecule has 0 spiro atoms. The number of carboxylic acid groups (broad SMARTS) is 3. The number of hydrogen-bond acceptors (Lipinski definition) is 7. The largest absolute Gasteiger partial charge is 0.488 e. The lowest BCUT2D eigenvalue weighted by molar-refractivity contribution is -0.189. The summed E-state index contributed by atoms with van der Waals surface area (Å²) in [5, 5.41) is 29.5. The van der Waals surface area contributed by atoms with Gasteiger partial charge >= 0.3 is 23.9 Å². The lowest BCUT2D eigenvalue weighted by Gasteiger charge is -2.46. The van der Waals surface area contributed by atoms with Gasteiger partial charge in [-0.15, -0.1) is 0 Å². The Morgan fingerprint density at radius 1 is 0.951 bits per heavy atom. The number of hydrogen-bond donors (Lipinski definition) is 3. The van der Waals surface area contributed by atoms with E-state index in [-0.39, 0.29) is 13.2 Å². The summed E-state index contributed by atoms with van der Waals surface area (Å²) in [5.74, 6) is -6.76. The summed E-state index contributed by atoms with van der Waals surface area (Å²) in [5.41, 5.74) is 2.08. The molecule has 0 bridgehead atoms. The van der Waals surface area contributed by atoms with E-state index in [9.17, 15) is 34.5 Å². The molecular formula is C30H33ClO10. The third kappa shape index (κ3) is 8.80. The van der Waals surface area contributed by atoms with Crippen molar-refractivity contribution in [3.8, 4) is 5.75 Å². The van der Waals surface area contributed by atoms with Crippen molar-refractivity contribution in [2.24, 2.45) is 17.8 Å². The molecular weight excluding hydrogens is 556 g/mol. The third-order valence-corrected chi connectivity index (χ3v) is 7.46. The van der Waals surface area contributed by atoms with E-state index >= 15 is 0 Å². The first-order valence-electron chi connectivity index (χ1n) is 13.0. The van der Waals surface area contributed by atoms with Crippen LogP contribution in [0.4, 0.5) is 0 Å². The maximum Gasteiger partial charge on any atom is 0.303 e. The average Bonchev–Trinajstić information content (AvgIpc) is 2.90. The second-order valence-corrected chi connectivity index (χ2v) is 10.3. The molecule has 0 aliphatic carbocycles. The normalized spacial score (nSPS) is 22.0. The fraction of sp³-hybridized carbons (Fsp3) is 0.400. The minimum Gasteiger partial charge on any atom is -0.488 e. The highest BCUT2D eigenvalue weighted by atomic mass is 35.5. The molecule has 2 aromatic rings. The maximum absolute atomic E-state index is 12.0. The van der Waals surface area contributed by atoms with Gasteiger partial charge < -0.3 is 29.5 Å². The number of rotatable bonds is 14. The average molecular weight is 589 g/mol. The van der Waals surface area contributed by atoms with Crippen LogP contribution in [-0.2, 0) is 35.1 Å². The molecule has 3 N–H and O–H groups in total. The van der Waals surface area contributed by atoms with Crippen molar-refractivity contribution in [1.82, 2.24) is 0 Å². The maximum atomic E-state index is 12.0. The molecule has 10 nitrogen and oxygen atoms in total. The van der Waals surface area contributed by atoms with Crippen molar-refractivity contribution >= 4 is 35.5 Å². The second kappa shape index (κ2) is 14.7. The molecule has 3 rings (SSSR count). The first kappa shape index (κ1) is 31.6. The number of esters is 1. The van der Waals surface area contributed by atoms with Gasteiger partial charge in [-0.1, -0.05) is 60.7 Å². The zero-order valence-corrected chi connectivity index (χ0v) is 23.3. The summed E-state index contributed by atoms with van der Waals surface area (Å²) in [6, 6.07) is 12.9. The second-order valence-electron chi connectivity index (χ2n) is 9.94. The van der Waals surface area contributed by atoms with Gasteiger partial charge in [-0.25, -0.2) is 0 Å². The monoisotopic (exact) mass is 588 g/mol. The summed E-state index contributed by atoms with van der Waals surface area (Å²) in [7, 11) is 0. The predicted molar refractivity (Wildman–Crippen MR) is 148 cm³/mol. The molecule has 41 heavy (non-hydrogen) atoms. The van der Waals surface area contributed by atoms with Crippen LogP contribution in [0.15, 0.2) is 55.1 Å². The Hall–Kier alpha value is -3.89. The Morgan fingerprint density at radius 2 is 1.56 bits per heavy atom. The van der Waals surface area contributed by atoms with Gasteiger partial charge in [-0.3, -0.25) is 19.2 Å². The smallest absolute Gasteiger partial charge is 0.303 e. The Labute approximate surface area is 242 Å². The van der Waals surface area contributed by atoms with Gasteiger partial charge in [0.05, 0.1) is 30.1 Å². The van der Waals surface area contributed by atoms with Gasteiger partial charge in [-0.2, -0.15) is 0 Å². The van der Waals surface area contributed by atoms with Gasteiger partial charge in [0, 0.05) is 25.2 Å². The van der Waals surface area contributed by atoms with Gasteiger partial charge in [0.2, 0.25) is 0 Å². The van der Waals surface area contributed by atoms with Crippen LogP contribution >= 0.6 is 11.6 Å². The summed E-state index contributed by atoms with van der Waals surface area (Å²) in [4.78, 5) is 47.4. The number of carbonyl (C=O) groups excluding carboxylic acids is 1. The van der Waals surface area contributed by atoms with Crippen LogP contribution in [0.25, 0.3) is 0 Å². The van der Waals surface area contributed by atoms with E-state index in [4.69, 9.17) is 25.8 Å². The SMILES string of the molecule is C=CCOc1cc([C@H]2O[C@@H](COC(C)=O)[C@H](CC(=O)O)[C@H](CC(=O)O)[C@@H]2CC(=O)O)cc(Cc2ccccc2)c1Cl. The van der Waals surface area contributed by atoms with Crippen LogP contribution in [0.5, 0.6) is 5.75 Å². The van der Waals surface area contributed by atoms with Crippen molar-refractivity contribution in [2.45, 2.75) is 44.8 Å². The molecule has 5 atom stereocenters. The molecule has 0 aromatic heterocycles. The molecule has 1 aliphatic heterocycles. The Kier molecular flexibility index (Phi) is 11.3. The number of halogens is 1. The van der Waals surface area contributed by atoms with Crippen molar-refractivity contribution in [2.75, 3.05) is 13.2 Å². The zero-order valence-electron chi connectivity index (χ0n) is 22.5. The molecule has 1 fully saturated rings. The van der Waals surface area contributed by atoms with Crippen LogP contribution in [0.3, 0.4) is 0 Å². The topological polar surface area (TPSA) is 157 Å². The van der Waals surface area contributed by atoms with Crippen LogP contribution < -0.4 is 4.74 Å². The number of benzene rings is 2. The highest BCUT2D eigenvalue weighted by Gasteiger charge is 2.48. The van der Waals surface area contributed by atoms with Gasteiger partial charge in [0.1, 0.15) is 19.0 Å². The summed E-state index contributed by atoms with van der Waals surface area (Å²) >= 11 is 6.72. The van der Waals surface area contributed by atoms with Crippen LogP contribution in [0.1, 0.15) is 49.0 Å². The molecule has 1 aliphatic rings.